The fraction of sp³-hybridized carbons (Fsp3) is 1.00. The van der Waals surface area contributed by atoms with Gasteiger partial charge in [-0.1, -0.05) is 0 Å². The highest BCUT2D eigenvalue weighted by molar-refractivity contribution is 4.70. The third-order valence-corrected chi connectivity index (χ3v) is 1.86. The van der Waals surface area contributed by atoms with E-state index in [-0.39, 0.29) is 0 Å². The van der Waals surface area contributed by atoms with Crippen molar-refractivity contribution in [3.05, 3.63) is 0 Å². The van der Waals surface area contributed by atoms with E-state index in [0.29, 0.717) is 0 Å². The first-order valence-corrected chi connectivity index (χ1v) is 4.26. The number of ether oxygens (including phenoxy) is 1. The van der Waals surface area contributed by atoms with E-state index >= 15 is 0 Å². The van der Waals surface area contributed by atoms with E-state index in [0.717, 1.165) is 0 Å². The van der Waals surface area contributed by atoms with Gasteiger partial charge in [0.05, 0.1) is 25.4 Å². The summed E-state index contributed by atoms with van der Waals surface area (Å²) in [6.07, 6.45) is -3.14. The van der Waals surface area contributed by atoms with Gasteiger partial charge >= 0.3 is 0 Å². The fourth-order valence-electron chi connectivity index (χ4n) is 0.762. The number of hydrogen-bond donors (Lipinski definition) is 4. The maximum Gasteiger partial charge on any atom is 0.109 e. The minimum Gasteiger partial charge on any atom is -0.394 e. The standard InChI is InChI=1S/C8H18O5/c1-5(11)6(2)13-8(4-10)7(12)3-9/h5-12H,3-4H2,1-2H3/t5?,6?,7-,8?/m0/s1. The molecule has 0 aliphatic heterocycles. The Balaban J connectivity index is 3.97. The summed E-state index contributed by atoms with van der Waals surface area (Å²) in [6.45, 7) is 2.30. The minimum absolute atomic E-state index is 0.390. The second kappa shape index (κ2) is 6.28. The zero-order valence-electron chi connectivity index (χ0n) is 7.92. The molecule has 0 fully saturated rings. The van der Waals surface area contributed by atoms with Crippen LogP contribution < -0.4 is 0 Å². The molecule has 0 heterocycles. The summed E-state index contributed by atoms with van der Waals surface area (Å²) in [5.74, 6) is 0. The molecule has 0 aromatic carbocycles. The average molecular weight is 194 g/mol. The highest BCUT2D eigenvalue weighted by Gasteiger charge is 2.22. The molecule has 0 aliphatic rings. The maximum atomic E-state index is 9.13. The normalized spacial score (nSPS) is 20.8. The Kier molecular flexibility index (Phi) is 6.19. The molecule has 0 aromatic rings. The van der Waals surface area contributed by atoms with Crippen LogP contribution >= 0.6 is 0 Å². The molecule has 4 atom stereocenters. The quantitative estimate of drug-likeness (QED) is 0.412. The first-order chi connectivity index (χ1) is 6.02. The number of rotatable bonds is 6. The molecule has 3 unspecified atom stereocenters. The van der Waals surface area contributed by atoms with E-state index in [2.05, 4.69) is 0 Å². The molecule has 0 saturated heterocycles. The van der Waals surface area contributed by atoms with Crippen molar-refractivity contribution in [1.82, 2.24) is 0 Å². The van der Waals surface area contributed by atoms with Crippen LogP contribution in [-0.4, -0.2) is 58.1 Å². The molecule has 0 saturated carbocycles. The van der Waals surface area contributed by atoms with Gasteiger partial charge in [0.25, 0.3) is 0 Å². The molecule has 0 radical (unpaired) electrons. The molecule has 13 heavy (non-hydrogen) atoms. The Morgan fingerprint density at radius 2 is 1.62 bits per heavy atom. The lowest BCUT2D eigenvalue weighted by Crippen LogP contribution is -2.40. The van der Waals surface area contributed by atoms with Crippen LogP contribution in [0.1, 0.15) is 13.8 Å². The molecular formula is C8H18O5. The van der Waals surface area contributed by atoms with Crippen LogP contribution in [0.2, 0.25) is 0 Å². The molecular weight excluding hydrogens is 176 g/mol. The van der Waals surface area contributed by atoms with Crippen molar-refractivity contribution in [2.24, 2.45) is 0 Å². The third-order valence-electron chi connectivity index (χ3n) is 1.86. The van der Waals surface area contributed by atoms with Gasteiger partial charge in [-0.15, -0.1) is 0 Å². The summed E-state index contributed by atoms with van der Waals surface area (Å²) in [4.78, 5) is 0. The lowest BCUT2D eigenvalue weighted by atomic mass is 10.2. The lowest BCUT2D eigenvalue weighted by Gasteiger charge is -2.25. The average Bonchev–Trinajstić information content (AvgIpc) is 2.12. The summed E-state index contributed by atoms with van der Waals surface area (Å²) in [5.41, 5.74) is 0. The van der Waals surface area contributed by atoms with E-state index in [1.807, 2.05) is 0 Å². The molecule has 5 heteroatoms. The smallest absolute Gasteiger partial charge is 0.109 e. The molecule has 0 bridgehead atoms. The van der Waals surface area contributed by atoms with E-state index < -0.39 is 37.6 Å². The topological polar surface area (TPSA) is 90.2 Å². The van der Waals surface area contributed by atoms with E-state index in [9.17, 15) is 0 Å². The Morgan fingerprint density at radius 1 is 1.08 bits per heavy atom. The van der Waals surface area contributed by atoms with Gasteiger partial charge in [-0.05, 0) is 13.8 Å². The Bertz CT molecular complexity index is 128. The van der Waals surface area contributed by atoms with Crippen LogP contribution in [-0.2, 0) is 4.74 Å². The van der Waals surface area contributed by atoms with Crippen molar-refractivity contribution in [1.29, 1.82) is 0 Å². The van der Waals surface area contributed by atoms with Crippen molar-refractivity contribution >= 4 is 0 Å². The number of aliphatic hydroxyl groups is 4. The van der Waals surface area contributed by atoms with Gasteiger partial charge in [0, 0.05) is 0 Å². The van der Waals surface area contributed by atoms with Crippen LogP contribution in [0.15, 0.2) is 0 Å². The molecule has 5 nitrogen and oxygen atoms in total. The Morgan fingerprint density at radius 3 is 1.92 bits per heavy atom. The Hall–Kier alpha value is -0.200. The van der Waals surface area contributed by atoms with Crippen molar-refractivity contribution < 1.29 is 25.2 Å². The van der Waals surface area contributed by atoms with Crippen molar-refractivity contribution in [3.63, 3.8) is 0 Å². The lowest BCUT2D eigenvalue weighted by molar-refractivity contribution is -0.129. The molecule has 80 valence electrons. The van der Waals surface area contributed by atoms with Crippen molar-refractivity contribution in [2.45, 2.75) is 38.3 Å². The molecule has 0 aromatic heterocycles. The van der Waals surface area contributed by atoms with Crippen LogP contribution in [0.3, 0.4) is 0 Å². The second-order valence-electron chi connectivity index (χ2n) is 3.05. The van der Waals surface area contributed by atoms with Crippen molar-refractivity contribution in [3.8, 4) is 0 Å². The zero-order valence-corrected chi connectivity index (χ0v) is 7.92. The Labute approximate surface area is 77.6 Å². The van der Waals surface area contributed by atoms with E-state index in [1.54, 1.807) is 13.8 Å². The highest BCUT2D eigenvalue weighted by Crippen LogP contribution is 2.06. The summed E-state index contributed by atoms with van der Waals surface area (Å²) < 4.78 is 5.10. The van der Waals surface area contributed by atoms with Crippen LogP contribution in [0.4, 0.5) is 0 Å². The molecule has 0 spiro atoms. The first-order valence-electron chi connectivity index (χ1n) is 4.26. The molecule has 0 aliphatic carbocycles. The van der Waals surface area contributed by atoms with Gasteiger partial charge in [-0.3, -0.25) is 0 Å². The summed E-state index contributed by atoms with van der Waals surface area (Å²) in [6, 6.07) is 0. The minimum atomic E-state index is -1.12. The molecule has 0 amide bonds. The SMILES string of the molecule is CC(O)C(C)OC(CO)[C@@H](O)CO. The number of hydrogen-bond acceptors (Lipinski definition) is 5. The first kappa shape index (κ1) is 12.8. The number of aliphatic hydroxyl groups excluding tert-OH is 4. The molecule has 4 N–H and O–H groups in total. The summed E-state index contributed by atoms with van der Waals surface area (Å²) in [7, 11) is 0. The summed E-state index contributed by atoms with van der Waals surface area (Å²) in [5, 5.41) is 35.6. The zero-order chi connectivity index (χ0) is 10.4. The largest absolute Gasteiger partial charge is 0.394 e. The van der Waals surface area contributed by atoms with Gasteiger partial charge in [0.2, 0.25) is 0 Å². The third kappa shape index (κ3) is 4.54. The van der Waals surface area contributed by atoms with E-state index in [4.69, 9.17) is 25.2 Å². The van der Waals surface area contributed by atoms with Gasteiger partial charge in [-0.2, -0.15) is 0 Å². The monoisotopic (exact) mass is 194 g/mol. The summed E-state index contributed by atoms with van der Waals surface area (Å²) >= 11 is 0. The second-order valence-corrected chi connectivity index (χ2v) is 3.05. The maximum absolute atomic E-state index is 9.13. The van der Waals surface area contributed by atoms with Gasteiger partial charge in [0.15, 0.2) is 0 Å². The van der Waals surface area contributed by atoms with Crippen molar-refractivity contribution in [2.75, 3.05) is 13.2 Å². The van der Waals surface area contributed by atoms with E-state index in [1.165, 1.54) is 0 Å². The predicted octanol–water partition coefficient (Wildman–Crippen LogP) is -1.51. The molecule has 0 rings (SSSR count). The predicted molar refractivity (Wildman–Crippen MR) is 46.2 cm³/mol. The van der Waals surface area contributed by atoms with Crippen LogP contribution in [0.5, 0.6) is 0 Å². The van der Waals surface area contributed by atoms with Gasteiger partial charge in [0.1, 0.15) is 12.2 Å². The van der Waals surface area contributed by atoms with Gasteiger partial charge in [-0.25, -0.2) is 0 Å². The van der Waals surface area contributed by atoms with Gasteiger partial charge < -0.3 is 25.2 Å². The van der Waals surface area contributed by atoms with Crippen LogP contribution in [0, 0.1) is 0 Å². The fourth-order valence-corrected chi connectivity index (χ4v) is 0.762. The highest BCUT2D eigenvalue weighted by atomic mass is 16.5. The van der Waals surface area contributed by atoms with Crippen LogP contribution in [0.25, 0.3) is 0 Å².